The number of nitrogens with one attached hydrogen (secondary N) is 1. The number of aryl methyl sites for hydroxylation is 1. The Morgan fingerprint density at radius 2 is 1.90 bits per heavy atom. The van der Waals surface area contributed by atoms with Crippen molar-refractivity contribution in [1.29, 1.82) is 0 Å². The Balaban J connectivity index is 1.83. The number of amides is 1. The van der Waals surface area contributed by atoms with E-state index < -0.39 is 0 Å². The van der Waals surface area contributed by atoms with Crippen molar-refractivity contribution in [1.82, 2.24) is 10.2 Å². The highest BCUT2D eigenvalue weighted by molar-refractivity contribution is 5.76. The second-order valence-corrected chi connectivity index (χ2v) is 5.26. The zero-order valence-electron chi connectivity index (χ0n) is 12.6. The van der Waals surface area contributed by atoms with E-state index in [1.165, 1.54) is 11.3 Å². The van der Waals surface area contributed by atoms with Crippen LogP contribution in [0, 0.1) is 6.92 Å². The second-order valence-electron chi connectivity index (χ2n) is 5.26. The summed E-state index contributed by atoms with van der Waals surface area (Å²) in [5, 5.41) is 3.20. The Hall–Kier alpha value is -1.55. The highest BCUT2D eigenvalue weighted by Crippen LogP contribution is 2.20. The fourth-order valence-electron chi connectivity index (χ4n) is 2.65. The SMILES string of the molecule is CCNCCC(=O)N1CCN(c2ccccc2C)CC1. The lowest BCUT2D eigenvalue weighted by Crippen LogP contribution is -2.49. The standard InChI is InChI=1S/C16H25N3O/c1-3-17-9-8-16(20)19-12-10-18(11-13-19)15-7-5-4-6-14(15)2/h4-7,17H,3,8-13H2,1-2H3. The molecule has 2 rings (SSSR count). The maximum absolute atomic E-state index is 12.1. The minimum atomic E-state index is 0.274. The lowest BCUT2D eigenvalue weighted by Gasteiger charge is -2.36. The predicted octanol–water partition coefficient (Wildman–Crippen LogP) is 1.64. The lowest BCUT2D eigenvalue weighted by molar-refractivity contribution is -0.131. The van der Waals surface area contributed by atoms with Crippen molar-refractivity contribution in [2.75, 3.05) is 44.2 Å². The van der Waals surface area contributed by atoms with Crippen molar-refractivity contribution in [3.8, 4) is 0 Å². The molecule has 1 amide bonds. The molecule has 20 heavy (non-hydrogen) atoms. The topological polar surface area (TPSA) is 35.6 Å². The molecule has 1 aliphatic rings. The van der Waals surface area contributed by atoms with Gasteiger partial charge in [-0.05, 0) is 25.1 Å². The molecule has 110 valence electrons. The van der Waals surface area contributed by atoms with Gasteiger partial charge in [0.25, 0.3) is 0 Å². The predicted molar refractivity (Wildman–Crippen MR) is 83.1 cm³/mol. The second kappa shape index (κ2) is 7.29. The minimum Gasteiger partial charge on any atom is -0.368 e. The molecule has 1 aromatic rings. The van der Waals surface area contributed by atoms with Gasteiger partial charge in [-0.15, -0.1) is 0 Å². The number of rotatable bonds is 5. The zero-order valence-corrected chi connectivity index (χ0v) is 12.6. The zero-order chi connectivity index (χ0) is 14.4. The molecule has 0 saturated carbocycles. The summed E-state index contributed by atoms with van der Waals surface area (Å²) in [6.45, 7) is 9.44. The van der Waals surface area contributed by atoms with Gasteiger partial charge in [0.1, 0.15) is 0 Å². The highest BCUT2D eigenvalue weighted by atomic mass is 16.2. The Labute approximate surface area is 121 Å². The van der Waals surface area contributed by atoms with Crippen LogP contribution in [-0.4, -0.2) is 50.1 Å². The van der Waals surface area contributed by atoms with Crippen LogP contribution in [0.1, 0.15) is 18.9 Å². The van der Waals surface area contributed by atoms with Crippen LogP contribution in [0.3, 0.4) is 0 Å². The number of carbonyl (C=O) groups is 1. The number of carbonyl (C=O) groups excluding carboxylic acids is 1. The van der Waals surface area contributed by atoms with Gasteiger partial charge in [0.05, 0.1) is 0 Å². The number of hydrogen-bond donors (Lipinski definition) is 1. The summed E-state index contributed by atoms with van der Waals surface area (Å²) in [6, 6.07) is 8.46. The Morgan fingerprint density at radius 1 is 1.20 bits per heavy atom. The van der Waals surface area contributed by atoms with E-state index in [1.807, 2.05) is 4.90 Å². The Bertz CT molecular complexity index is 439. The normalized spacial score (nSPS) is 15.5. The molecule has 1 heterocycles. The Kier molecular flexibility index (Phi) is 5.41. The fraction of sp³-hybridized carbons (Fsp3) is 0.562. The quantitative estimate of drug-likeness (QED) is 0.830. The summed E-state index contributed by atoms with van der Waals surface area (Å²) < 4.78 is 0. The van der Waals surface area contributed by atoms with Crippen molar-refractivity contribution in [2.24, 2.45) is 0 Å². The molecule has 1 N–H and O–H groups in total. The fourth-order valence-corrected chi connectivity index (χ4v) is 2.65. The van der Waals surface area contributed by atoms with Crippen molar-refractivity contribution < 1.29 is 4.79 Å². The summed E-state index contributed by atoms with van der Waals surface area (Å²) in [5.41, 5.74) is 2.60. The van der Waals surface area contributed by atoms with E-state index in [-0.39, 0.29) is 5.91 Å². The molecule has 0 radical (unpaired) electrons. The van der Waals surface area contributed by atoms with Crippen LogP contribution in [-0.2, 0) is 4.79 Å². The molecule has 0 bridgehead atoms. The van der Waals surface area contributed by atoms with Gasteiger partial charge >= 0.3 is 0 Å². The number of benzene rings is 1. The summed E-state index contributed by atoms with van der Waals surface area (Å²) >= 11 is 0. The third kappa shape index (κ3) is 3.73. The first-order chi connectivity index (χ1) is 9.72. The minimum absolute atomic E-state index is 0.274. The van der Waals surface area contributed by atoms with Gasteiger partial charge in [-0.3, -0.25) is 4.79 Å². The molecule has 1 fully saturated rings. The summed E-state index contributed by atoms with van der Waals surface area (Å²) in [6.07, 6.45) is 0.609. The number of para-hydroxylation sites is 1. The van der Waals surface area contributed by atoms with Gasteiger partial charge in [0.15, 0.2) is 0 Å². The van der Waals surface area contributed by atoms with E-state index in [4.69, 9.17) is 0 Å². The van der Waals surface area contributed by atoms with Crippen molar-refractivity contribution in [2.45, 2.75) is 20.3 Å². The molecule has 0 aromatic heterocycles. The third-order valence-corrected chi connectivity index (χ3v) is 3.85. The van der Waals surface area contributed by atoms with Crippen LogP contribution >= 0.6 is 0 Å². The van der Waals surface area contributed by atoms with Crippen LogP contribution < -0.4 is 10.2 Å². The van der Waals surface area contributed by atoms with Gasteiger partial charge in [-0.2, -0.15) is 0 Å². The molecule has 1 aromatic carbocycles. The van der Waals surface area contributed by atoms with Crippen LogP contribution in [0.4, 0.5) is 5.69 Å². The highest BCUT2D eigenvalue weighted by Gasteiger charge is 2.21. The molecule has 0 unspecified atom stereocenters. The molecular formula is C16H25N3O. The van der Waals surface area contributed by atoms with E-state index in [1.54, 1.807) is 0 Å². The molecule has 0 spiro atoms. The van der Waals surface area contributed by atoms with E-state index in [9.17, 15) is 4.79 Å². The van der Waals surface area contributed by atoms with Crippen LogP contribution in [0.5, 0.6) is 0 Å². The van der Waals surface area contributed by atoms with Gasteiger partial charge in [0.2, 0.25) is 5.91 Å². The van der Waals surface area contributed by atoms with Crippen molar-refractivity contribution in [3.63, 3.8) is 0 Å². The molecule has 1 aliphatic heterocycles. The molecule has 0 aliphatic carbocycles. The summed E-state index contributed by atoms with van der Waals surface area (Å²) in [4.78, 5) is 16.4. The smallest absolute Gasteiger partial charge is 0.223 e. The number of anilines is 1. The van der Waals surface area contributed by atoms with Gasteiger partial charge in [-0.1, -0.05) is 25.1 Å². The monoisotopic (exact) mass is 275 g/mol. The van der Waals surface area contributed by atoms with Crippen molar-refractivity contribution in [3.05, 3.63) is 29.8 Å². The van der Waals surface area contributed by atoms with Gasteiger partial charge in [-0.25, -0.2) is 0 Å². The maximum Gasteiger partial charge on any atom is 0.223 e. The Morgan fingerprint density at radius 3 is 2.55 bits per heavy atom. The number of piperazine rings is 1. The first kappa shape index (κ1) is 14.9. The van der Waals surface area contributed by atoms with E-state index in [2.05, 4.69) is 48.3 Å². The van der Waals surface area contributed by atoms with Gasteiger partial charge < -0.3 is 15.1 Å². The third-order valence-electron chi connectivity index (χ3n) is 3.85. The number of hydrogen-bond acceptors (Lipinski definition) is 3. The lowest BCUT2D eigenvalue weighted by atomic mass is 10.1. The van der Waals surface area contributed by atoms with Crippen molar-refractivity contribution >= 4 is 11.6 Å². The van der Waals surface area contributed by atoms with E-state index >= 15 is 0 Å². The molecular weight excluding hydrogens is 250 g/mol. The summed E-state index contributed by atoms with van der Waals surface area (Å²) in [7, 11) is 0. The van der Waals surface area contributed by atoms with E-state index in [0.29, 0.717) is 6.42 Å². The van der Waals surface area contributed by atoms with Crippen LogP contribution in [0.25, 0.3) is 0 Å². The molecule has 4 nitrogen and oxygen atoms in total. The van der Waals surface area contributed by atoms with Crippen LogP contribution in [0.2, 0.25) is 0 Å². The number of nitrogens with zero attached hydrogens (tertiary/aromatic N) is 2. The largest absolute Gasteiger partial charge is 0.368 e. The average molecular weight is 275 g/mol. The maximum atomic E-state index is 12.1. The first-order valence-corrected chi connectivity index (χ1v) is 7.51. The average Bonchev–Trinajstić information content (AvgIpc) is 2.48. The van der Waals surface area contributed by atoms with Crippen LogP contribution in [0.15, 0.2) is 24.3 Å². The molecule has 1 saturated heterocycles. The molecule has 0 atom stereocenters. The van der Waals surface area contributed by atoms with Gasteiger partial charge in [0, 0.05) is 44.8 Å². The summed E-state index contributed by atoms with van der Waals surface area (Å²) in [5.74, 6) is 0.274. The first-order valence-electron chi connectivity index (χ1n) is 7.51. The molecule has 4 heteroatoms. The van der Waals surface area contributed by atoms with E-state index in [0.717, 1.165) is 39.3 Å².